The van der Waals surface area contributed by atoms with E-state index in [1.807, 2.05) is 0 Å². The molecule has 2 aromatic rings. The Morgan fingerprint density at radius 3 is 1.17 bits per heavy atom. The molecule has 2 aromatic carbocycles. The number of hydrogen-bond donors (Lipinski definition) is 8. The summed E-state index contributed by atoms with van der Waals surface area (Å²) in [5.74, 6) is -10.2. The number of carboxylic acid groups (broad SMARTS) is 6. The number of carboxylic acids is 6. The topological polar surface area (TPSA) is 335 Å². The Balaban J connectivity index is 0.815. The average Bonchev–Trinajstić information content (AvgIpc) is 1.53. The van der Waals surface area contributed by atoms with E-state index in [2.05, 4.69) is 47.1 Å². The van der Waals surface area contributed by atoms with Gasteiger partial charge in [-0.05, 0) is 165 Å². The van der Waals surface area contributed by atoms with Crippen molar-refractivity contribution in [1.29, 1.82) is 0 Å². The molecule has 8 N–H and O–H groups in total. The van der Waals surface area contributed by atoms with Gasteiger partial charge >= 0.3 is 47.8 Å². The van der Waals surface area contributed by atoms with Gasteiger partial charge in [0.15, 0.2) is 5.41 Å². The van der Waals surface area contributed by atoms with Crippen LogP contribution in [0.4, 0.5) is 0 Å². The Labute approximate surface area is 474 Å². The first-order valence-corrected chi connectivity index (χ1v) is 28.9. The van der Waals surface area contributed by atoms with Crippen LogP contribution in [0, 0.1) is 35.0 Å². The number of esters is 2. The highest BCUT2D eigenvalue weighted by molar-refractivity contribution is 6.13. The summed E-state index contributed by atoms with van der Waals surface area (Å²) >= 11 is 0. The molecule has 0 spiro atoms. The summed E-state index contributed by atoms with van der Waals surface area (Å²) in [5.41, 5.74) is 15.0. The number of ether oxygens (including phenoxy) is 2. The summed E-state index contributed by atoms with van der Waals surface area (Å²) < 4.78 is 12.2. The predicted molar refractivity (Wildman–Crippen MR) is 289 cm³/mol. The van der Waals surface area contributed by atoms with Crippen LogP contribution in [0.5, 0.6) is 0 Å². The molecule has 6 atom stereocenters. The quantitative estimate of drug-likeness (QED) is 0.0174. The van der Waals surface area contributed by atoms with Gasteiger partial charge in [0.25, 0.3) is 0 Å². The second-order valence-corrected chi connectivity index (χ2v) is 24.8. The lowest BCUT2D eigenvalue weighted by Crippen LogP contribution is -2.49. The lowest BCUT2D eigenvalue weighted by atomic mass is 9.63. The van der Waals surface area contributed by atoms with Crippen molar-refractivity contribution in [2.75, 3.05) is 13.2 Å². The summed E-state index contributed by atoms with van der Waals surface area (Å²) in [7, 11) is 0. The first kappa shape index (κ1) is 54.1. The molecular formula is C63H62N2O18. The third-order valence-electron chi connectivity index (χ3n) is 20.4. The summed E-state index contributed by atoms with van der Waals surface area (Å²) in [6.07, 6.45) is 6.19. The van der Waals surface area contributed by atoms with Crippen molar-refractivity contribution in [1.82, 2.24) is 10.6 Å². The SMILES string of the molecule is O=C(O)CCC(CCC(=O)O)(CCC(=O)O)NC(=O)CCCOC(=O)C1(C(=O)OCCCC(=O)NC(CCC(=O)O)(CCC(=O)O)CCC(=O)O)C2c3cc4c5c6c3-c3c(cc7c8c3C6C3C6=C5C(=CC5C=CC9C=C(C7)C8=C3C9C65)C4)C21. The zero-order valence-electron chi connectivity index (χ0n) is 45.3. The Kier molecular flexibility index (Phi) is 12.7. The van der Waals surface area contributed by atoms with E-state index < -0.39 is 126 Å². The number of benzene rings is 2. The maximum Gasteiger partial charge on any atom is 0.324 e. The lowest BCUT2D eigenvalue weighted by Gasteiger charge is -2.39. The molecule has 432 valence electrons. The van der Waals surface area contributed by atoms with Crippen LogP contribution >= 0.6 is 0 Å². The van der Waals surface area contributed by atoms with Crippen LogP contribution in [0.25, 0.3) is 22.3 Å². The number of fused-ring (bicyclic) bond motifs is 3. The second-order valence-electron chi connectivity index (χ2n) is 24.8. The minimum absolute atomic E-state index is 0.0869. The molecule has 20 nitrogen and oxygen atoms in total. The fourth-order valence-corrected chi connectivity index (χ4v) is 17.4. The number of allylic oxidation sites excluding steroid dienone is 10. The molecule has 83 heavy (non-hydrogen) atoms. The molecule has 11 aliphatic rings. The van der Waals surface area contributed by atoms with Crippen LogP contribution in [0.2, 0.25) is 0 Å². The van der Waals surface area contributed by atoms with Crippen molar-refractivity contribution in [3.8, 4) is 11.1 Å². The van der Waals surface area contributed by atoms with Gasteiger partial charge < -0.3 is 50.7 Å². The number of aliphatic carboxylic acids is 6. The fraction of sp³-hybridized carbons (Fsp3) is 0.492. The molecule has 0 saturated heterocycles. The fourth-order valence-electron chi connectivity index (χ4n) is 17.4. The van der Waals surface area contributed by atoms with Gasteiger partial charge in [-0.15, -0.1) is 0 Å². The smallest absolute Gasteiger partial charge is 0.324 e. The van der Waals surface area contributed by atoms with E-state index in [1.165, 1.54) is 44.5 Å². The largest absolute Gasteiger partial charge is 0.481 e. The summed E-state index contributed by atoms with van der Waals surface area (Å²) in [6.45, 7) is -0.715. The van der Waals surface area contributed by atoms with E-state index in [9.17, 15) is 69.0 Å². The number of nitrogens with one attached hydrogen (secondary N) is 2. The molecule has 0 bridgehead atoms. The number of carbonyl (C=O) groups excluding carboxylic acids is 4. The van der Waals surface area contributed by atoms with Gasteiger partial charge in [-0.3, -0.25) is 47.9 Å². The molecular weight excluding hydrogens is 1070 g/mol. The van der Waals surface area contributed by atoms with Crippen LogP contribution in [0.1, 0.15) is 165 Å². The highest BCUT2D eigenvalue weighted by atomic mass is 16.6. The summed E-state index contributed by atoms with van der Waals surface area (Å²) in [5, 5.41) is 62.6. The van der Waals surface area contributed by atoms with E-state index >= 15 is 9.59 Å². The Morgan fingerprint density at radius 1 is 0.482 bits per heavy atom. The second kappa shape index (κ2) is 19.5. The molecule has 20 heteroatoms. The number of hydrogen-bond acceptors (Lipinski definition) is 12. The zero-order valence-corrected chi connectivity index (χ0v) is 45.3. The van der Waals surface area contributed by atoms with Crippen molar-refractivity contribution < 1.29 is 88.1 Å². The van der Waals surface area contributed by atoms with Crippen molar-refractivity contribution in [2.24, 2.45) is 35.0 Å². The summed E-state index contributed by atoms with van der Waals surface area (Å²) in [4.78, 5) is 128. The van der Waals surface area contributed by atoms with E-state index in [4.69, 9.17) is 9.47 Å². The molecule has 0 aromatic heterocycles. The zero-order chi connectivity index (χ0) is 58.3. The Morgan fingerprint density at radius 2 is 0.831 bits per heavy atom. The normalized spacial score (nSPS) is 24.6. The molecule has 0 aliphatic heterocycles. The van der Waals surface area contributed by atoms with Gasteiger partial charge in [0.05, 0.1) is 13.2 Å². The number of amides is 2. The van der Waals surface area contributed by atoms with Crippen molar-refractivity contribution in [3.05, 3.63) is 103 Å². The molecule has 0 heterocycles. The highest BCUT2D eigenvalue weighted by Gasteiger charge is 2.80. The minimum Gasteiger partial charge on any atom is -0.481 e. The average molecular weight is 1140 g/mol. The third kappa shape index (κ3) is 8.26. The van der Waals surface area contributed by atoms with Crippen LogP contribution in [-0.4, -0.2) is 114 Å². The van der Waals surface area contributed by atoms with Crippen molar-refractivity contribution in [3.63, 3.8) is 0 Å². The van der Waals surface area contributed by atoms with Gasteiger partial charge in [0.1, 0.15) is 0 Å². The maximum atomic E-state index is 15.4. The first-order chi connectivity index (χ1) is 39.7. The van der Waals surface area contributed by atoms with E-state index in [0.29, 0.717) is 24.7 Å². The predicted octanol–water partition coefficient (Wildman–Crippen LogP) is 6.72. The van der Waals surface area contributed by atoms with E-state index in [-0.39, 0.29) is 101 Å². The van der Waals surface area contributed by atoms with Crippen LogP contribution < -0.4 is 10.6 Å². The van der Waals surface area contributed by atoms with Crippen molar-refractivity contribution in [2.45, 2.75) is 144 Å². The molecule has 11 aliphatic carbocycles. The molecule has 6 unspecified atom stereocenters. The molecule has 2 fully saturated rings. The maximum absolute atomic E-state index is 15.4. The lowest BCUT2D eigenvalue weighted by molar-refractivity contribution is -0.166. The first-order valence-electron chi connectivity index (χ1n) is 28.9. The van der Waals surface area contributed by atoms with Gasteiger partial charge in [-0.2, -0.15) is 0 Å². The standard InChI is InChI=1S/C63H62N2O18/c66-35(64-61(13-7-37(68)69,14-8-38(70)71)15-9-39(72)73)3-1-19-82-59(80)63(60(81)83-20-2-4-36(67)65-62(16-10-40(74)75,17-11-41(76)77)18-12-42(78)79)57-33-25-31-23-29-21-27-5-6-28-22-30-24-32-26-34(58(57)63)50-49(33)53-47(31)45(29)51-43(27)44(28)52-46(30)48(32)54(50)56(53)55(51)52/h5-6,21-22,25-28,43-44,55-58H,1-4,7-20,23-24H2,(H,64,66)(H,65,67)(H,68,69)(H,70,71)(H,72,73)(H,74,75)(H,76,77)(H,78,79). The molecule has 0 radical (unpaired) electrons. The van der Waals surface area contributed by atoms with E-state index in [0.717, 1.165) is 33.4 Å². The van der Waals surface area contributed by atoms with Crippen LogP contribution in [-0.2, 0) is 70.3 Å². The van der Waals surface area contributed by atoms with Gasteiger partial charge in [-0.1, -0.05) is 36.4 Å². The third-order valence-corrected chi connectivity index (χ3v) is 20.4. The summed E-state index contributed by atoms with van der Waals surface area (Å²) in [6, 6.07) is 4.40. The monoisotopic (exact) mass is 1130 g/mol. The van der Waals surface area contributed by atoms with Gasteiger partial charge in [-0.25, -0.2) is 0 Å². The number of carbonyl (C=O) groups is 10. The van der Waals surface area contributed by atoms with Gasteiger partial charge in [0, 0.05) is 98.0 Å². The van der Waals surface area contributed by atoms with E-state index in [1.54, 1.807) is 11.1 Å². The molecule has 2 amide bonds. The molecule has 13 rings (SSSR count). The molecule has 2 saturated carbocycles. The highest BCUT2D eigenvalue weighted by Crippen LogP contribution is 2.83. The number of rotatable bonds is 30. The Hall–Kier alpha value is -8.16. The van der Waals surface area contributed by atoms with Crippen LogP contribution in [0.15, 0.2) is 58.7 Å². The Bertz CT molecular complexity index is 3250. The van der Waals surface area contributed by atoms with Crippen LogP contribution in [0.3, 0.4) is 0 Å². The van der Waals surface area contributed by atoms with Gasteiger partial charge in [0.2, 0.25) is 11.8 Å². The van der Waals surface area contributed by atoms with Crippen molar-refractivity contribution >= 4 is 70.7 Å². The minimum atomic E-state index is -1.93.